The van der Waals surface area contributed by atoms with E-state index in [1.807, 2.05) is 12.1 Å². The highest BCUT2D eigenvalue weighted by Gasteiger charge is 2.17. The zero-order valence-electron chi connectivity index (χ0n) is 10.9. The molecule has 20 heavy (non-hydrogen) atoms. The summed E-state index contributed by atoms with van der Waals surface area (Å²) in [6.07, 6.45) is 1.19. The SMILES string of the molecule is O=C(Cc1ccc(Cl)cc1)Nc1n[nH]c2c1CCNC2. The topological polar surface area (TPSA) is 69.8 Å². The Morgan fingerprint density at radius 2 is 2.15 bits per heavy atom. The number of carbonyl (C=O) groups excluding carboxylic acids is 1. The number of rotatable bonds is 3. The van der Waals surface area contributed by atoms with Gasteiger partial charge in [-0.15, -0.1) is 0 Å². The van der Waals surface area contributed by atoms with E-state index in [1.165, 1.54) is 0 Å². The highest BCUT2D eigenvalue weighted by atomic mass is 35.5. The highest BCUT2D eigenvalue weighted by molar-refractivity contribution is 6.30. The molecule has 0 fully saturated rings. The van der Waals surface area contributed by atoms with Crippen molar-refractivity contribution in [3.63, 3.8) is 0 Å². The summed E-state index contributed by atoms with van der Waals surface area (Å²) in [6.45, 7) is 1.68. The molecule has 104 valence electrons. The zero-order valence-corrected chi connectivity index (χ0v) is 11.6. The molecule has 1 aromatic heterocycles. The highest BCUT2D eigenvalue weighted by Crippen LogP contribution is 2.20. The second-order valence-corrected chi connectivity index (χ2v) is 5.24. The summed E-state index contributed by atoms with van der Waals surface area (Å²) in [5.74, 6) is 0.584. The predicted octanol–water partition coefficient (Wildman–Crippen LogP) is 1.89. The van der Waals surface area contributed by atoms with Crippen LogP contribution in [-0.2, 0) is 24.2 Å². The number of halogens is 1. The Hall–Kier alpha value is -1.85. The Morgan fingerprint density at radius 3 is 2.95 bits per heavy atom. The van der Waals surface area contributed by atoms with E-state index in [-0.39, 0.29) is 5.91 Å². The van der Waals surface area contributed by atoms with Crippen molar-refractivity contribution in [3.05, 3.63) is 46.1 Å². The Kier molecular flexibility index (Phi) is 3.71. The summed E-state index contributed by atoms with van der Waals surface area (Å²) in [6, 6.07) is 7.27. The third kappa shape index (κ3) is 2.84. The number of aromatic nitrogens is 2. The number of H-pyrrole nitrogens is 1. The minimum Gasteiger partial charge on any atom is -0.311 e. The number of nitrogens with zero attached hydrogens (tertiary/aromatic N) is 1. The van der Waals surface area contributed by atoms with Gasteiger partial charge >= 0.3 is 0 Å². The number of hydrogen-bond acceptors (Lipinski definition) is 3. The van der Waals surface area contributed by atoms with Crippen LogP contribution in [-0.4, -0.2) is 22.6 Å². The molecule has 6 heteroatoms. The van der Waals surface area contributed by atoms with Gasteiger partial charge in [0.15, 0.2) is 5.82 Å². The molecule has 1 aliphatic rings. The first-order chi connectivity index (χ1) is 9.72. The molecule has 2 heterocycles. The largest absolute Gasteiger partial charge is 0.311 e. The van der Waals surface area contributed by atoms with E-state index < -0.39 is 0 Å². The lowest BCUT2D eigenvalue weighted by atomic mass is 10.1. The average Bonchev–Trinajstić information content (AvgIpc) is 2.85. The number of aromatic amines is 1. The molecule has 2 aromatic rings. The van der Waals surface area contributed by atoms with Crippen LogP contribution in [0.1, 0.15) is 16.8 Å². The lowest BCUT2D eigenvalue weighted by Gasteiger charge is -2.13. The van der Waals surface area contributed by atoms with Gasteiger partial charge in [-0.2, -0.15) is 5.10 Å². The van der Waals surface area contributed by atoms with Gasteiger partial charge in [-0.25, -0.2) is 0 Å². The van der Waals surface area contributed by atoms with Gasteiger partial charge in [0.05, 0.1) is 12.1 Å². The van der Waals surface area contributed by atoms with Crippen LogP contribution >= 0.6 is 11.6 Å². The summed E-state index contributed by atoms with van der Waals surface area (Å²) < 4.78 is 0. The lowest BCUT2D eigenvalue weighted by molar-refractivity contribution is -0.115. The Labute approximate surface area is 121 Å². The van der Waals surface area contributed by atoms with Crippen LogP contribution in [0.25, 0.3) is 0 Å². The molecule has 3 rings (SSSR count). The quantitative estimate of drug-likeness (QED) is 0.808. The van der Waals surface area contributed by atoms with Crippen molar-refractivity contribution in [1.82, 2.24) is 15.5 Å². The van der Waals surface area contributed by atoms with Crippen LogP contribution in [0.2, 0.25) is 5.02 Å². The van der Waals surface area contributed by atoms with Gasteiger partial charge in [0.25, 0.3) is 0 Å². The number of anilines is 1. The fraction of sp³-hybridized carbons (Fsp3) is 0.286. The number of nitrogens with one attached hydrogen (secondary N) is 3. The number of amides is 1. The molecule has 0 saturated heterocycles. The summed E-state index contributed by atoms with van der Waals surface area (Å²) in [5, 5.41) is 13.9. The third-order valence-corrected chi connectivity index (χ3v) is 3.59. The van der Waals surface area contributed by atoms with Gasteiger partial charge in [0.2, 0.25) is 5.91 Å². The van der Waals surface area contributed by atoms with Gasteiger partial charge in [-0.1, -0.05) is 23.7 Å². The maximum Gasteiger partial charge on any atom is 0.230 e. The first kappa shape index (κ1) is 13.1. The molecular weight excluding hydrogens is 276 g/mol. The van der Waals surface area contributed by atoms with Gasteiger partial charge < -0.3 is 10.6 Å². The maximum absolute atomic E-state index is 12.0. The first-order valence-corrected chi connectivity index (χ1v) is 6.91. The predicted molar refractivity (Wildman–Crippen MR) is 77.8 cm³/mol. The molecule has 0 spiro atoms. The molecule has 0 radical (unpaired) electrons. The number of benzene rings is 1. The minimum atomic E-state index is -0.0693. The number of hydrogen-bond donors (Lipinski definition) is 3. The van der Waals surface area contributed by atoms with Crippen molar-refractivity contribution in [3.8, 4) is 0 Å². The molecular formula is C14H15ClN4O. The maximum atomic E-state index is 12.0. The van der Waals surface area contributed by atoms with Crippen molar-refractivity contribution in [2.24, 2.45) is 0 Å². The van der Waals surface area contributed by atoms with Crippen molar-refractivity contribution in [1.29, 1.82) is 0 Å². The molecule has 3 N–H and O–H groups in total. The van der Waals surface area contributed by atoms with Crippen LogP contribution in [0, 0.1) is 0 Å². The second-order valence-electron chi connectivity index (χ2n) is 4.81. The van der Waals surface area contributed by atoms with E-state index in [0.29, 0.717) is 17.3 Å². The first-order valence-electron chi connectivity index (χ1n) is 6.53. The van der Waals surface area contributed by atoms with E-state index in [9.17, 15) is 4.79 Å². The van der Waals surface area contributed by atoms with Crippen molar-refractivity contribution in [2.75, 3.05) is 11.9 Å². The lowest BCUT2D eigenvalue weighted by Crippen LogP contribution is -2.24. The van der Waals surface area contributed by atoms with Crippen molar-refractivity contribution >= 4 is 23.3 Å². The van der Waals surface area contributed by atoms with Crippen LogP contribution in [0.5, 0.6) is 0 Å². The Bertz CT molecular complexity index is 621. The summed E-state index contributed by atoms with van der Waals surface area (Å²) in [4.78, 5) is 12.0. The van der Waals surface area contributed by atoms with E-state index in [2.05, 4.69) is 20.8 Å². The van der Waals surface area contributed by atoms with Crippen molar-refractivity contribution in [2.45, 2.75) is 19.4 Å². The van der Waals surface area contributed by atoms with Gasteiger partial charge in [-0.05, 0) is 30.7 Å². The number of carbonyl (C=O) groups is 1. The van der Waals surface area contributed by atoms with Crippen LogP contribution in [0.4, 0.5) is 5.82 Å². The van der Waals surface area contributed by atoms with E-state index in [4.69, 9.17) is 11.6 Å². The van der Waals surface area contributed by atoms with E-state index in [0.717, 1.165) is 36.3 Å². The smallest absolute Gasteiger partial charge is 0.230 e. The number of fused-ring (bicyclic) bond motifs is 1. The molecule has 0 bridgehead atoms. The van der Waals surface area contributed by atoms with Gasteiger partial charge in [0, 0.05) is 17.1 Å². The molecule has 1 amide bonds. The fourth-order valence-electron chi connectivity index (χ4n) is 2.31. The average molecular weight is 291 g/mol. The monoisotopic (exact) mass is 290 g/mol. The summed E-state index contributed by atoms with van der Waals surface area (Å²) >= 11 is 5.82. The molecule has 5 nitrogen and oxygen atoms in total. The van der Waals surface area contributed by atoms with Crippen LogP contribution in [0.3, 0.4) is 0 Å². The summed E-state index contributed by atoms with van der Waals surface area (Å²) in [7, 11) is 0. The molecule has 1 aromatic carbocycles. The van der Waals surface area contributed by atoms with E-state index >= 15 is 0 Å². The van der Waals surface area contributed by atoms with Crippen molar-refractivity contribution < 1.29 is 4.79 Å². The molecule has 1 aliphatic heterocycles. The Morgan fingerprint density at radius 1 is 1.35 bits per heavy atom. The molecule has 0 unspecified atom stereocenters. The molecule has 0 aliphatic carbocycles. The molecule has 0 atom stereocenters. The third-order valence-electron chi connectivity index (χ3n) is 3.34. The standard InChI is InChI=1S/C14H15ClN4O/c15-10-3-1-9(2-4-10)7-13(20)17-14-11-5-6-16-8-12(11)18-19-14/h1-4,16H,5-8H2,(H2,17,18,19,20). The molecule has 0 saturated carbocycles. The van der Waals surface area contributed by atoms with E-state index in [1.54, 1.807) is 12.1 Å². The van der Waals surface area contributed by atoms with Gasteiger partial charge in [0.1, 0.15) is 0 Å². The normalized spacial score (nSPS) is 13.8. The Balaban J connectivity index is 1.67. The second kappa shape index (κ2) is 5.64. The van der Waals surface area contributed by atoms with Crippen LogP contribution < -0.4 is 10.6 Å². The van der Waals surface area contributed by atoms with Crippen LogP contribution in [0.15, 0.2) is 24.3 Å². The fourth-order valence-corrected chi connectivity index (χ4v) is 2.44. The zero-order chi connectivity index (χ0) is 13.9. The van der Waals surface area contributed by atoms with Gasteiger partial charge in [-0.3, -0.25) is 9.89 Å². The summed E-state index contributed by atoms with van der Waals surface area (Å²) in [5.41, 5.74) is 3.09. The minimum absolute atomic E-state index is 0.0693.